The van der Waals surface area contributed by atoms with Crippen molar-refractivity contribution in [3.8, 4) is 5.75 Å². The van der Waals surface area contributed by atoms with Crippen LogP contribution in [0.1, 0.15) is 13.8 Å². The molecule has 0 aliphatic carbocycles. The van der Waals surface area contributed by atoms with Crippen LogP contribution in [0.5, 0.6) is 5.75 Å². The van der Waals surface area contributed by atoms with Gasteiger partial charge in [-0.3, -0.25) is 4.21 Å². The molecule has 19 heavy (non-hydrogen) atoms. The number of hydrogen-bond donors (Lipinski definition) is 1. The van der Waals surface area contributed by atoms with E-state index in [9.17, 15) is 4.21 Å². The van der Waals surface area contributed by atoms with Crippen LogP contribution in [-0.2, 0) is 17.3 Å². The highest BCUT2D eigenvalue weighted by Crippen LogP contribution is 2.25. The number of aromatic nitrogens is 2. The highest BCUT2D eigenvalue weighted by atomic mass is 32.2. The third-order valence-corrected chi connectivity index (χ3v) is 4.68. The van der Waals surface area contributed by atoms with Crippen molar-refractivity contribution in [2.24, 2.45) is 0 Å². The molecule has 0 radical (unpaired) electrons. The van der Waals surface area contributed by atoms with Gasteiger partial charge in [0.15, 0.2) is 4.77 Å². The van der Waals surface area contributed by atoms with E-state index in [2.05, 4.69) is 4.98 Å². The van der Waals surface area contributed by atoms with Crippen molar-refractivity contribution >= 4 is 34.1 Å². The molecule has 0 aliphatic rings. The van der Waals surface area contributed by atoms with Gasteiger partial charge in [-0.15, -0.1) is 0 Å². The molecule has 1 heterocycles. The molecule has 0 saturated heterocycles. The SMILES string of the molecule is CCOc1cccc2c1[nH]c(=S)n2CC(C)S(C)=O. The minimum absolute atomic E-state index is 0.0569. The maximum absolute atomic E-state index is 11.5. The Hall–Kier alpha value is -1.14. The minimum Gasteiger partial charge on any atom is -0.492 e. The second-order valence-corrected chi connectivity index (χ2v) is 6.62. The van der Waals surface area contributed by atoms with E-state index in [1.807, 2.05) is 36.6 Å². The highest BCUT2D eigenvalue weighted by Gasteiger charge is 2.13. The Morgan fingerprint density at radius 2 is 2.26 bits per heavy atom. The summed E-state index contributed by atoms with van der Waals surface area (Å²) >= 11 is 5.35. The first-order valence-corrected chi connectivity index (χ1v) is 8.24. The Labute approximate surface area is 120 Å². The van der Waals surface area contributed by atoms with Gasteiger partial charge in [0.1, 0.15) is 11.3 Å². The Morgan fingerprint density at radius 3 is 2.89 bits per heavy atom. The van der Waals surface area contributed by atoms with Crippen molar-refractivity contribution in [1.82, 2.24) is 9.55 Å². The Bertz CT molecular complexity index is 660. The Morgan fingerprint density at radius 1 is 1.53 bits per heavy atom. The van der Waals surface area contributed by atoms with Gasteiger partial charge >= 0.3 is 0 Å². The molecule has 0 fully saturated rings. The number of benzene rings is 1. The van der Waals surface area contributed by atoms with Crippen molar-refractivity contribution < 1.29 is 8.95 Å². The zero-order valence-corrected chi connectivity index (χ0v) is 12.9. The minimum atomic E-state index is -0.867. The molecule has 0 spiro atoms. The maximum Gasteiger partial charge on any atom is 0.178 e. The summed E-state index contributed by atoms with van der Waals surface area (Å²) < 4.78 is 19.7. The molecule has 0 aliphatic heterocycles. The number of fused-ring (bicyclic) bond motifs is 1. The van der Waals surface area contributed by atoms with Crippen LogP contribution in [0.2, 0.25) is 0 Å². The summed E-state index contributed by atoms with van der Waals surface area (Å²) in [4.78, 5) is 3.18. The molecule has 0 bridgehead atoms. The zero-order chi connectivity index (χ0) is 14.0. The summed E-state index contributed by atoms with van der Waals surface area (Å²) in [5.74, 6) is 0.801. The molecule has 1 aromatic heterocycles. The fraction of sp³-hybridized carbons (Fsp3) is 0.462. The molecule has 2 atom stereocenters. The smallest absolute Gasteiger partial charge is 0.178 e. The van der Waals surface area contributed by atoms with Crippen LogP contribution in [0, 0.1) is 4.77 Å². The van der Waals surface area contributed by atoms with Gasteiger partial charge in [0, 0.05) is 28.9 Å². The number of aromatic amines is 1. The van der Waals surface area contributed by atoms with E-state index in [1.54, 1.807) is 6.26 Å². The summed E-state index contributed by atoms with van der Waals surface area (Å²) in [6.07, 6.45) is 1.72. The van der Waals surface area contributed by atoms with Crippen LogP contribution in [0.25, 0.3) is 11.0 Å². The third kappa shape index (κ3) is 2.90. The monoisotopic (exact) mass is 298 g/mol. The molecule has 0 saturated carbocycles. The largest absolute Gasteiger partial charge is 0.492 e. The van der Waals surface area contributed by atoms with Gasteiger partial charge in [-0.1, -0.05) is 6.07 Å². The number of rotatable bonds is 5. The first-order chi connectivity index (χ1) is 9.04. The lowest BCUT2D eigenvalue weighted by Gasteiger charge is -2.10. The van der Waals surface area contributed by atoms with Crippen LogP contribution < -0.4 is 4.74 Å². The average molecular weight is 298 g/mol. The van der Waals surface area contributed by atoms with Crippen molar-refractivity contribution in [1.29, 1.82) is 0 Å². The van der Waals surface area contributed by atoms with Gasteiger partial charge in [-0.25, -0.2) is 0 Å². The number of imidazole rings is 1. The first-order valence-electron chi connectivity index (χ1n) is 6.21. The van der Waals surface area contributed by atoms with E-state index in [0.29, 0.717) is 17.9 Å². The third-order valence-electron chi connectivity index (χ3n) is 3.08. The zero-order valence-electron chi connectivity index (χ0n) is 11.3. The fourth-order valence-corrected chi connectivity index (χ4v) is 2.61. The highest BCUT2D eigenvalue weighted by molar-refractivity contribution is 7.84. The van der Waals surface area contributed by atoms with Gasteiger partial charge in [-0.2, -0.15) is 0 Å². The van der Waals surface area contributed by atoms with Crippen molar-refractivity contribution in [2.75, 3.05) is 12.9 Å². The van der Waals surface area contributed by atoms with Crippen molar-refractivity contribution in [2.45, 2.75) is 25.6 Å². The molecule has 6 heteroatoms. The van der Waals surface area contributed by atoms with Gasteiger partial charge in [-0.05, 0) is 38.2 Å². The molecule has 4 nitrogen and oxygen atoms in total. The lowest BCUT2D eigenvalue weighted by atomic mass is 10.3. The van der Waals surface area contributed by atoms with Crippen LogP contribution >= 0.6 is 12.2 Å². The Balaban J connectivity index is 2.50. The number of H-pyrrole nitrogens is 1. The quantitative estimate of drug-likeness (QED) is 0.863. The lowest BCUT2D eigenvalue weighted by molar-refractivity contribution is 0.343. The molecule has 1 N–H and O–H groups in total. The van der Waals surface area contributed by atoms with E-state index < -0.39 is 10.8 Å². The van der Waals surface area contributed by atoms with Gasteiger partial charge in [0.2, 0.25) is 0 Å². The van der Waals surface area contributed by atoms with Crippen molar-refractivity contribution in [3.05, 3.63) is 23.0 Å². The first kappa shape index (κ1) is 14.3. The second kappa shape index (κ2) is 5.88. The molecule has 2 aromatic rings. The molecule has 2 unspecified atom stereocenters. The van der Waals surface area contributed by atoms with E-state index in [0.717, 1.165) is 16.8 Å². The summed E-state index contributed by atoms with van der Waals surface area (Å²) in [6, 6.07) is 5.86. The number of nitrogens with zero attached hydrogens (tertiary/aromatic N) is 1. The van der Waals surface area contributed by atoms with Crippen LogP contribution in [-0.4, -0.2) is 31.9 Å². The molecular weight excluding hydrogens is 280 g/mol. The van der Waals surface area contributed by atoms with Crippen molar-refractivity contribution in [3.63, 3.8) is 0 Å². The van der Waals surface area contributed by atoms with Crippen LogP contribution in [0.3, 0.4) is 0 Å². The molecule has 104 valence electrons. The summed E-state index contributed by atoms with van der Waals surface area (Å²) in [5, 5.41) is 0.0569. The van der Waals surface area contributed by atoms with Crippen LogP contribution in [0.15, 0.2) is 18.2 Å². The topological polar surface area (TPSA) is 47.0 Å². The summed E-state index contributed by atoms with van der Waals surface area (Å²) in [6.45, 7) is 5.16. The summed E-state index contributed by atoms with van der Waals surface area (Å²) in [7, 11) is -0.867. The number of ether oxygens (including phenoxy) is 1. The number of nitrogens with one attached hydrogen (secondary N) is 1. The summed E-state index contributed by atoms with van der Waals surface area (Å²) in [5.41, 5.74) is 1.90. The number of para-hydroxylation sites is 1. The molecular formula is C13H18N2O2S2. The fourth-order valence-electron chi connectivity index (χ4n) is 1.97. The molecule has 0 amide bonds. The van der Waals surface area contributed by atoms with Gasteiger partial charge in [0.25, 0.3) is 0 Å². The Kier molecular flexibility index (Phi) is 4.42. The van der Waals surface area contributed by atoms with E-state index in [4.69, 9.17) is 17.0 Å². The van der Waals surface area contributed by atoms with Gasteiger partial charge < -0.3 is 14.3 Å². The van der Waals surface area contributed by atoms with E-state index >= 15 is 0 Å². The van der Waals surface area contributed by atoms with E-state index in [1.165, 1.54) is 0 Å². The molecule has 1 aromatic carbocycles. The number of hydrogen-bond acceptors (Lipinski definition) is 3. The predicted octanol–water partition coefficient (Wildman–Crippen LogP) is 2.86. The lowest BCUT2D eigenvalue weighted by Crippen LogP contribution is -2.17. The van der Waals surface area contributed by atoms with E-state index in [-0.39, 0.29) is 5.25 Å². The predicted molar refractivity (Wildman–Crippen MR) is 81.8 cm³/mol. The normalized spacial score (nSPS) is 14.5. The average Bonchev–Trinajstić information content (AvgIpc) is 2.68. The standard InChI is InChI=1S/C13H18N2O2S2/c1-4-17-11-7-5-6-10-12(11)14-13(18)15(10)8-9(2)19(3)16/h5-7,9H,4,8H2,1-3H3,(H,14,18). The second-order valence-electron chi connectivity index (χ2n) is 4.43. The van der Waals surface area contributed by atoms with Crippen LogP contribution in [0.4, 0.5) is 0 Å². The maximum atomic E-state index is 11.5. The van der Waals surface area contributed by atoms with Gasteiger partial charge in [0.05, 0.1) is 12.1 Å². The molecule has 2 rings (SSSR count).